The number of aryl methyl sites for hydroxylation is 1. The third kappa shape index (κ3) is 2.27. The van der Waals surface area contributed by atoms with Gasteiger partial charge in [0.05, 0.1) is 0 Å². The summed E-state index contributed by atoms with van der Waals surface area (Å²) < 4.78 is 13.8. The highest BCUT2D eigenvalue weighted by Gasteiger charge is 2.40. The lowest BCUT2D eigenvalue weighted by atomic mass is 9.98. The molecule has 2 heteroatoms. The summed E-state index contributed by atoms with van der Waals surface area (Å²) in [7, 11) is 0. The summed E-state index contributed by atoms with van der Waals surface area (Å²) in [4.78, 5) is 0. The van der Waals surface area contributed by atoms with E-state index in [2.05, 4.69) is 19.2 Å². The molecule has 1 aromatic rings. The molecule has 0 aliphatic heterocycles. The molecule has 1 aromatic carbocycles. The molecular weight excluding hydrogens is 201 g/mol. The maximum atomic E-state index is 13.8. The number of halogens is 1. The fourth-order valence-corrected chi connectivity index (χ4v) is 2.43. The number of hydrogen-bond donors (Lipinski definition) is 1. The summed E-state index contributed by atoms with van der Waals surface area (Å²) in [6.07, 6.45) is 1.21. The second-order valence-electron chi connectivity index (χ2n) is 4.94. The number of hydrogen-bond acceptors (Lipinski definition) is 1. The van der Waals surface area contributed by atoms with Gasteiger partial charge >= 0.3 is 0 Å². The second-order valence-corrected chi connectivity index (χ2v) is 4.94. The monoisotopic (exact) mass is 221 g/mol. The van der Waals surface area contributed by atoms with Crippen LogP contribution in [-0.4, -0.2) is 6.54 Å². The summed E-state index contributed by atoms with van der Waals surface area (Å²) in [5.41, 5.74) is 1.98. The van der Waals surface area contributed by atoms with Gasteiger partial charge in [-0.05, 0) is 37.8 Å². The van der Waals surface area contributed by atoms with Crippen LogP contribution in [0.15, 0.2) is 18.2 Å². The lowest BCUT2D eigenvalue weighted by molar-refractivity contribution is 0.452. The predicted molar refractivity (Wildman–Crippen MR) is 64.8 cm³/mol. The van der Waals surface area contributed by atoms with Crippen LogP contribution in [0.3, 0.4) is 0 Å². The standard InChI is InChI=1S/C14H20FN/c1-4-16-14(11-8-10(11)3)12-7-9(2)5-6-13(12)15/h5-7,10-11,14,16H,4,8H2,1-3H3. The van der Waals surface area contributed by atoms with E-state index < -0.39 is 0 Å². The Morgan fingerprint density at radius 2 is 2.19 bits per heavy atom. The first-order valence-electron chi connectivity index (χ1n) is 6.13. The van der Waals surface area contributed by atoms with Crippen LogP contribution in [-0.2, 0) is 0 Å². The average molecular weight is 221 g/mol. The molecule has 0 bridgehead atoms. The normalized spacial score (nSPS) is 25.5. The molecule has 0 saturated heterocycles. The van der Waals surface area contributed by atoms with Crippen LogP contribution < -0.4 is 5.32 Å². The zero-order chi connectivity index (χ0) is 11.7. The van der Waals surface area contributed by atoms with E-state index in [0.29, 0.717) is 5.92 Å². The molecule has 1 N–H and O–H groups in total. The van der Waals surface area contributed by atoms with Gasteiger partial charge in [0.25, 0.3) is 0 Å². The van der Waals surface area contributed by atoms with Crippen LogP contribution in [0.2, 0.25) is 0 Å². The Hall–Kier alpha value is -0.890. The molecule has 0 spiro atoms. The molecular formula is C14H20FN. The van der Waals surface area contributed by atoms with E-state index in [1.54, 1.807) is 6.07 Å². The Morgan fingerprint density at radius 1 is 1.50 bits per heavy atom. The van der Waals surface area contributed by atoms with Crippen molar-refractivity contribution in [1.29, 1.82) is 0 Å². The zero-order valence-electron chi connectivity index (χ0n) is 10.3. The topological polar surface area (TPSA) is 12.0 Å². The Kier molecular flexibility index (Phi) is 3.29. The van der Waals surface area contributed by atoms with Crippen molar-refractivity contribution in [2.45, 2.75) is 33.2 Å². The highest BCUT2D eigenvalue weighted by atomic mass is 19.1. The molecule has 2 rings (SSSR count). The summed E-state index contributed by atoms with van der Waals surface area (Å²) in [5, 5.41) is 3.42. The van der Waals surface area contributed by atoms with Crippen LogP contribution in [0.25, 0.3) is 0 Å². The van der Waals surface area contributed by atoms with Crippen molar-refractivity contribution >= 4 is 0 Å². The molecule has 3 unspecified atom stereocenters. The van der Waals surface area contributed by atoms with Gasteiger partial charge in [-0.25, -0.2) is 4.39 Å². The molecule has 1 nitrogen and oxygen atoms in total. The van der Waals surface area contributed by atoms with E-state index in [1.165, 1.54) is 6.42 Å². The van der Waals surface area contributed by atoms with Crippen molar-refractivity contribution in [3.8, 4) is 0 Å². The molecule has 0 heterocycles. The molecule has 0 radical (unpaired) electrons. The fraction of sp³-hybridized carbons (Fsp3) is 0.571. The molecule has 3 atom stereocenters. The molecule has 1 aliphatic carbocycles. The van der Waals surface area contributed by atoms with Gasteiger partial charge in [-0.2, -0.15) is 0 Å². The minimum Gasteiger partial charge on any atom is -0.310 e. The molecule has 16 heavy (non-hydrogen) atoms. The van der Waals surface area contributed by atoms with E-state index in [4.69, 9.17) is 0 Å². The lowest BCUT2D eigenvalue weighted by Crippen LogP contribution is -2.24. The molecule has 1 aliphatic rings. The lowest BCUT2D eigenvalue weighted by Gasteiger charge is -2.19. The van der Waals surface area contributed by atoms with Gasteiger partial charge in [0.15, 0.2) is 0 Å². The van der Waals surface area contributed by atoms with Crippen LogP contribution in [0.1, 0.15) is 37.4 Å². The zero-order valence-corrected chi connectivity index (χ0v) is 10.3. The van der Waals surface area contributed by atoms with E-state index in [1.807, 2.05) is 19.1 Å². The third-order valence-corrected chi connectivity index (χ3v) is 3.51. The van der Waals surface area contributed by atoms with E-state index >= 15 is 0 Å². The van der Waals surface area contributed by atoms with Gasteiger partial charge < -0.3 is 5.32 Å². The smallest absolute Gasteiger partial charge is 0.128 e. The van der Waals surface area contributed by atoms with Gasteiger partial charge in [-0.15, -0.1) is 0 Å². The summed E-state index contributed by atoms with van der Waals surface area (Å²) in [6, 6.07) is 5.59. The average Bonchev–Trinajstić information content (AvgIpc) is 2.96. The first kappa shape index (κ1) is 11.6. The van der Waals surface area contributed by atoms with Gasteiger partial charge in [0.1, 0.15) is 5.82 Å². The number of rotatable bonds is 4. The van der Waals surface area contributed by atoms with Gasteiger partial charge in [-0.1, -0.05) is 31.5 Å². The Labute approximate surface area is 97.1 Å². The van der Waals surface area contributed by atoms with Crippen molar-refractivity contribution in [3.05, 3.63) is 35.1 Å². The first-order chi connectivity index (χ1) is 7.63. The largest absolute Gasteiger partial charge is 0.310 e. The van der Waals surface area contributed by atoms with E-state index in [-0.39, 0.29) is 11.9 Å². The maximum Gasteiger partial charge on any atom is 0.128 e. The van der Waals surface area contributed by atoms with Gasteiger partial charge in [0.2, 0.25) is 0 Å². The number of nitrogens with one attached hydrogen (secondary N) is 1. The summed E-state index contributed by atoms with van der Waals surface area (Å²) in [6.45, 7) is 7.22. The van der Waals surface area contributed by atoms with Crippen LogP contribution >= 0.6 is 0 Å². The van der Waals surface area contributed by atoms with E-state index in [0.717, 1.165) is 23.6 Å². The van der Waals surface area contributed by atoms with Crippen LogP contribution in [0, 0.1) is 24.6 Å². The van der Waals surface area contributed by atoms with Gasteiger partial charge in [-0.3, -0.25) is 0 Å². The van der Waals surface area contributed by atoms with Crippen molar-refractivity contribution in [2.75, 3.05) is 6.54 Å². The maximum absolute atomic E-state index is 13.8. The van der Waals surface area contributed by atoms with Crippen molar-refractivity contribution < 1.29 is 4.39 Å². The Balaban J connectivity index is 2.27. The number of benzene rings is 1. The molecule has 1 saturated carbocycles. The van der Waals surface area contributed by atoms with E-state index in [9.17, 15) is 4.39 Å². The first-order valence-corrected chi connectivity index (χ1v) is 6.13. The van der Waals surface area contributed by atoms with Crippen LogP contribution in [0.4, 0.5) is 4.39 Å². The highest BCUT2D eigenvalue weighted by molar-refractivity contribution is 5.28. The van der Waals surface area contributed by atoms with Crippen molar-refractivity contribution in [1.82, 2.24) is 5.32 Å². The highest BCUT2D eigenvalue weighted by Crippen LogP contribution is 2.47. The quantitative estimate of drug-likeness (QED) is 0.821. The minimum absolute atomic E-state index is 0.0735. The molecule has 1 fully saturated rings. The summed E-state index contributed by atoms with van der Waals surface area (Å²) in [5.74, 6) is 1.26. The van der Waals surface area contributed by atoms with Crippen LogP contribution in [0.5, 0.6) is 0 Å². The fourth-order valence-electron chi connectivity index (χ4n) is 2.43. The van der Waals surface area contributed by atoms with Crippen molar-refractivity contribution in [3.63, 3.8) is 0 Å². The van der Waals surface area contributed by atoms with Gasteiger partial charge in [0, 0.05) is 11.6 Å². The Bertz CT molecular complexity index is 375. The molecule has 0 aromatic heterocycles. The minimum atomic E-state index is -0.0735. The predicted octanol–water partition coefficient (Wildman–Crippen LogP) is 3.44. The molecule has 0 amide bonds. The molecule has 88 valence electrons. The Morgan fingerprint density at radius 3 is 2.75 bits per heavy atom. The van der Waals surface area contributed by atoms with Crippen molar-refractivity contribution in [2.24, 2.45) is 11.8 Å². The summed E-state index contributed by atoms with van der Waals surface area (Å²) >= 11 is 0. The SMILES string of the molecule is CCNC(c1cc(C)ccc1F)C1CC1C. The third-order valence-electron chi connectivity index (χ3n) is 3.51. The second kappa shape index (κ2) is 4.54.